The number of carbonyl (C=O) groups excluding carboxylic acids is 2. The number of carbonyl (C=O) groups is 2. The number of hydrogen-bond donors (Lipinski definition) is 1. The van der Waals surface area contributed by atoms with Gasteiger partial charge in [0.25, 0.3) is 20.1 Å². The molecular weight excluding hydrogens is 612 g/mol. The molecule has 0 spiro atoms. The lowest BCUT2D eigenvalue weighted by molar-refractivity contribution is -0.124. The van der Waals surface area contributed by atoms with Crippen LogP contribution in [0.4, 0.5) is 4.79 Å². The number of benzene rings is 1. The molecule has 1 aliphatic heterocycles. The van der Waals surface area contributed by atoms with E-state index in [0.29, 0.717) is 31.6 Å². The molecule has 44 heavy (non-hydrogen) atoms. The second-order valence-corrected chi connectivity index (χ2v) is 16.4. The van der Waals surface area contributed by atoms with Crippen LogP contribution in [0.1, 0.15) is 75.5 Å². The average Bonchev–Trinajstić information content (AvgIpc) is 3.23. The number of fused-ring (bicyclic) bond motifs is 1. The number of aromatic nitrogens is 2. The van der Waals surface area contributed by atoms with Gasteiger partial charge in [0.05, 0.1) is 43.2 Å². The Kier molecular flexibility index (Phi) is 9.55. The van der Waals surface area contributed by atoms with Gasteiger partial charge in [-0.3, -0.25) is 13.9 Å². The summed E-state index contributed by atoms with van der Waals surface area (Å²) >= 11 is 0. The normalized spacial score (nSPS) is 24.0. The monoisotopic (exact) mass is 654 g/mol. The summed E-state index contributed by atoms with van der Waals surface area (Å²) in [7, 11) is -7.69. The van der Waals surface area contributed by atoms with Gasteiger partial charge in [-0.05, 0) is 58.9 Å². The minimum absolute atomic E-state index is 0.0915. The second kappa shape index (κ2) is 12.4. The molecule has 2 amide bonds. The van der Waals surface area contributed by atoms with Gasteiger partial charge in [0.2, 0.25) is 5.91 Å². The fourth-order valence-electron chi connectivity index (χ4n) is 5.94. The van der Waals surface area contributed by atoms with E-state index in [1.54, 1.807) is 27.7 Å². The average molecular weight is 655 g/mol. The SMILES string of the molecule is CC1Cc2nn(S(C)(=O)=O)c(CCC3(COS(C)(=O)=O)CC(OCc4ccccc4)C3)c2[C@H](C(N)=O)N1C(=O)OC(C)(C)C. The highest BCUT2D eigenvalue weighted by Gasteiger charge is 2.48. The number of amides is 2. The highest BCUT2D eigenvalue weighted by Crippen LogP contribution is 2.48. The van der Waals surface area contributed by atoms with Crippen LogP contribution in [0.2, 0.25) is 0 Å². The Morgan fingerprint density at radius 3 is 2.27 bits per heavy atom. The van der Waals surface area contributed by atoms with Crippen molar-refractivity contribution < 1.29 is 40.1 Å². The third-order valence-corrected chi connectivity index (χ3v) is 9.36. The number of ether oxygens (including phenoxy) is 2. The molecule has 1 saturated carbocycles. The van der Waals surface area contributed by atoms with Crippen LogP contribution in [-0.4, -0.2) is 79.8 Å². The fourth-order valence-corrected chi connectivity index (χ4v) is 7.24. The summed E-state index contributed by atoms with van der Waals surface area (Å²) in [5.74, 6) is -0.855. The van der Waals surface area contributed by atoms with Crippen LogP contribution in [0.5, 0.6) is 0 Å². The predicted molar refractivity (Wildman–Crippen MR) is 161 cm³/mol. The van der Waals surface area contributed by atoms with Crippen molar-refractivity contribution in [2.45, 2.75) is 90.2 Å². The summed E-state index contributed by atoms with van der Waals surface area (Å²) in [6, 6.07) is 7.76. The van der Waals surface area contributed by atoms with E-state index in [-0.39, 0.29) is 36.8 Å². The Balaban J connectivity index is 1.65. The third-order valence-electron chi connectivity index (χ3n) is 7.89. The van der Waals surface area contributed by atoms with E-state index in [9.17, 15) is 26.4 Å². The Morgan fingerprint density at radius 1 is 1.09 bits per heavy atom. The first-order chi connectivity index (χ1) is 20.3. The molecule has 1 aromatic heterocycles. The second-order valence-electron chi connectivity index (χ2n) is 13.0. The van der Waals surface area contributed by atoms with Crippen molar-refractivity contribution in [1.82, 2.24) is 14.1 Å². The molecule has 2 N–H and O–H groups in total. The molecule has 4 rings (SSSR count). The quantitative estimate of drug-likeness (QED) is 0.354. The van der Waals surface area contributed by atoms with Crippen LogP contribution in [0.25, 0.3) is 0 Å². The molecule has 2 heterocycles. The van der Waals surface area contributed by atoms with Crippen molar-refractivity contribution in [3.63, 3.8) is 0 Å². The summed E-state index contributed by atoms with van der Waals surface area (Å²) in [5, 5.41) is 4.37. The van der Waals surface area contributed by atoms with E-state index in [2.05, 4.69) is 5.10 Å². The van der Waals surface area contributed by atoms with E-state index in [0.717, 1.165) is 22.2 Å². The van der Waals surface area contributed by atoms with Crippen molar-refractivity contribution in [2.24, 2.45) is 11.1 Å². The van der Waals surface area contributed by atoms with Gasteiger partial charge in [-0.1, -0.05) is 30.3 Å². The summed E-state index contributed by atoms with van der Waals surface area (Å²) in [5.41, 5.74) is 6.16. The molecule has 2 aromatic rings. The summed E-state index contributed by atoms with van der Waals surface area (Å²) in [6.07, 6.45) is 2.58. The van der Waals surface area contributed by atoms with Crippen molar-refractivity contribution in [2.75, 3.05) is 19.1 Å². The van der Waals surface area contributed by atoms with Gasteiger partial charge in [-0.25, -0.2) is 13.2 Å². The van der Waals surface area contributed by atoms with Gasteiger partial charge in [0.15, 0.2) is 0 Å². The first kappa shape index (κ1) is 33.9. The van der Waals surface area contributed by atoms with Gasteiger partial charge in [-0.15, -0.1) is 0 Å². The maximum absolute atomic E-state index is 13.3. The Labute approximate surface area is 259 Å². The minimum Gasteiger partial charge on any atom is -0.444 e. The van der Waals surface area contributed by atoms with Crippen LogP contribution in [0, 0.1) is 5.41 Å². The molecule has 13 nitrogen and oxygen atoms in total. The molecule has 15 heteroatoms. The first-order valence-electron chi connectivity index (χ1n) is 14.4. The number of rotatable bonds is 11. The zero-order valence-corrected chi connectivity index (χ0v) is 27.6. The molecule has 244 valence electrons. The van der Waals surface area contributed by atoms with Gasteiger partial charge in [0.1, 0.15) is 11.6 Å². The summed E-state index contributed by atoms with van der Waals surface area (Å²) in [6.45, 7) is 7.08. The Morgan fingerprint density at radius 2 is 1.73 bits per heavy atom. The Bertz CT molecular complexity index is 1590. The molecular formula is C29H42N4O9S2. The third kappa shape index (κ3) is 7.98. The van der Waals surface area contributed by atoms with Crippen molar-refractivity contribution in [3.05, 3.63) is 52.8 Å². The molecule has 1 fully saturated rings. The largest absolute Gasteiger partial charge is 0.444 e. The topological polar surface area (TPSA) is 177 Å². The number of nitrogens with two attached hydrogens (primary N) is 1. The minimum atomic E-state index is -3.94. The fraction of sp³-hybridized carbons (Fsp3) is 0.621. The predicted octanol–water partition coefficient (Wildman–Crippen LogP) is 2.67. The molecule has 0 bridgehead atoms. The highest BCUT2D eigenvalue weighted by atomic mass is 32.2. The summed E-state index contributed by atoms with van der Waals surface area (Å²) in [4.78, 5) is 27.5. The van der Waals surface area contributed by atoms with Crippen LogP contribution in [0.3, 0.4) is 0 Å². The van der Waals surface area contributed by atoms with E-state index in [1.807, 2.05) is 30.3 Å². The zero-order chi connectivity index (χ0) is 32.7. The van der Waals surface area contributed by atoms with Gasteiger partial charge in [0, 0.05) is 23.4 Å². The molecule has 2 atom stereocenters. The standard InChI is InChI=1S/C29H42N4O9S2/c1-19-14-22-24(25(26(30)34)32(19)27(35)42-28(2,3)4)23(33(31-22)43(5,36)37)12-13-29(18-41-44(6,38)39)15-21(16-29)40-17-20-10-8-7-9-11-20/h7-11,19,21,25H,12-18H2,1-6H3,(H2,30,34)/t19?,21?,25-,29?/m1/s1. The van der Waals surface area contributed by atoms with Crippen LogP contribution < -0.4 is 5.73 Å². The number of nitrogens with zero attached hydrogens (tertiary/aromatic N) is 3. The lowest BCUT2D eigenvalue weighted by Crippen LogP contribution is -2.52. The van der Waals surface area contributed by atoms with Crippen molar-refractivity contribution in [3.8, 4) is 0 Å². The maximum atomic E-state index is 13.3. The lowest BCUT2D eigenvalue weighted by Gasteiger charge is -2.47. The molecule has 1 aromatic carbocycles. The lowest BCUT2D eigenvalue weighted by atomic mass is 9.64. The molecule has 1 unspecified atom stereocenters. The number of primary amides is 1. The van der Waals surface area contributed by atoms with Crippen LogP contribution in [-0.2, 0) is 58.0 Å². The smallest absolute Gasteiger partial charge is 0.411 e. The first-order valence-corrected chi connectivity index (χ1v) is 18.1. The zero-order valence-electron chi connectivity index (χ0n) is 26.0. The van der Waals surface area contributed by atoms with Gasteiger partial charge < -0.3 is 15.2 Å². The molecule has 0 saturated heterocycles. The van der Waals surface area contributed by atoms with Gasteiger partial charge >= 0.3 is 6.09 Å². The van der Waals surface area contributed by atoms with E-state index < -0.39 is 55.2 Å². The molecule has 2 aliphatic rings. The van der Waals surface area contributed by atoms with Crippen molar-refractivity contribution in [1.29, 1.82) is 0 Å². The molecule has 1 aliphatic carbocycles. The van der Waals surface area contributed by atoms with Crippen molar-refractivity contribution >= 4 is 32.1 Å². The van der Waals surface area contributed by atoms with E-state index in [4.69, 9.17) is 19.4 Å². The summed E-state index contributed by atoms with van der Waals surface area (Å²) < 4.78 is 67.4. The maximum Gasteiger partial charge on any atom is 0.411 e. The van der Waals surface area contributed by atoms with Crippen LogP contribution >= 0.6 is 0 Å². The molecule has 0 radical (unpaired) electrons. The van der Waals surface area contributed by atoms with Gasteiger partial charge in [-0.2, -0.15) is 17.6 Å². The van der Waals surface area contributed by atoms with E-state index >= 15 is 0 Å². The van der Waals surface area contributed by atoms with E-state index in [1.165, 1.54) is 4.90 Å². The van der Waals surface area contributed by atoms with Crippen LogP contribution in [0.15, 0.2) is 30.3 Å². The Hall–Kier alpha value is -3.01. The highest BCUT2D eigenvalue weighted by molar-refractivity contribution is 7.89. The number of hydrogen-bond acceptors (Lipinski definition) is 10.